The molecule has 2 aliphatic heterocycles. The average Bonchev–Trinajstić information content (AvgIpc) is 2.31. The minimum Gasteiger partial charge on any atom is -0.345 e. The maximum atomic E-state index is 12.2. The van der Waals surface area contributed by atoms with Gasteiger partial charge in [-0.15, -0.1) is 0 Å². The molecular weight excluding hydrogens is 246 g/mol. The Kier molecular flexibility index (Phi) is 3.52. The molecule has 1 unspecified atom stereocenters. The molecule has 6 heteroatoms. The molecule has 2 heterocycles. The number of fused-ring (bicyclic) bond motifs is 1. The maximum absolute atomic E-state index is 12.2. The zero-order chi connectivity index (χ0) is 14.2. The summed E-state index contributed by atoms with van der Waals surface area (Å²) in [7, 11) is 0. The Hall–Kier alpha value is -1.59. The predicted molar refractivity (Wildman–Crippen MR) is 69.2 cm³/mol. The number of piperazine rings is 2. The Morgan fingerprint density at radius 2 is 2.00 bits per heavy atom. The van der Waals surface area contributed by atoms with E-state index >= 15 is 0 Å². The third-order valence-electron chi connectivity index (χ3n) is 3.45. The van der Waals surface area contributed by atoms with E-state index in [1.165, 1.54) is 0 Å². The monoisotopic (exact) mass is 267 g/mol. The fourth-order valence-electron chi connectivity index (χ4n) is 2.48. The molecule has 6 nitrogen and oxygen atoms in total. The number of nitrogens with zero attached hydrogens (tertiary/aromatic N) is 2. The molecule has 2 fully saturated rings. The molecule has 19 heavy (non-hydrogen) atoms. The lowest BCUT2D eigenvalue weighted by Crippen LogP contribution is -2.66. The average molecular weight is 267 g/mol. The van der Waals surface area contributed by atoms with Gasteiger partial charge in [-0.05, 0) is 5.41 Å². The Balaban J connectivity index is 2.03. The summed E-state index contributed by atoms with van der Waals surface area (Å²) in [6.45, 7) is 7.39. The molecule has 1 atom stereocenters. The van der Waals surface area contributed by atoms with Gasteiger partial charge in [-0.1, -0.05) is 20.8 Å². The van der Waals surface area contributed by atoms with Gasteiger partial charge in [0.05, 0.1) is 13.1 Å². The summed E-state index contributed by atoms with van der Waals surface area (Å²) in [5.74, 6) is -0.168. The van der Waals surface area contributed by atoms with Gasteiger partial charge in [-0.3, -0.25) is 14.4 Å². The lowest BCUT2D eigenvalue weighted by atomic mass is 9.91. The summed E-state index contributed by atoms with van der Waals surface area (Å²) in [4.78, 5) is 38.9. The number of rotatable bonds is 1. The normalized spacial score (nSPS) is 24.1. The lowest BCUT2D eigenvalue weighted by Gasteiger charge is -2.43. The molecular formula is C13H21N3O3. The molecule has 0 spiro atoms. The van der Waals surface area contributed by atoms with Crippen LogP contribution in [0.4, 0.5) is 0 Å². The third-order valence-corrected chi connectivity index (χ3v) is 3.45. The molecule has 0 aromatic rings. The Morgan fingerprint density at radius 1 is 1.32 bits per heavy atom. The van der Waals surface area contributed by atoms with Crippen molar-refractivity contribution < 1.29 is 14.4 Å². The van der Waals surface area contributed by atoms with Crippen molar-refractivity contribution in [2.75, 3.05) is 26.2 Å². The smallest absolute Gasteiger partial charge is 0.245 e. The van der Waals surface area contributed by atoms with Gasteiger partial charge in [-0.25, -0.2) is 0 Å². The van der Waals surface area contributed by atoms with Gasteiger partial charge in [0.1, 0.15) is 6.04 Å². The summed E-state index contributed by atoms with van der Waals surface area (Å²) >= 11 is 0. The molecule has 2 rings (SSSR count). The van der Waals surface area contributed by atoms with Crippen molar-refractivity contribution in [3.63, 3.8) is 0 Å². The summed E-state index contributed by atoms with van der Waals surface area (Å²) in [6.07, 6.45) is 0.454. The molecule has 1 N–H and O–H groups in total. The van der Waals surface area contributed by atoms with Crippen molar-refractivity contribution in [2.24, 2.45) is 5.41 Å². The van der Waals surface area contributed by atoms with Crippen LogP contribution in [0.1, 0.15) is 27.2 Å². The third kappa shape index (κ3) is 3.05. The maximum Gasteiger partial charge on any atom is 0.245 e. The second-order valence-electron chi connectivity index (χ2n) is 6.40. The van der Waals surface area contributed by atoms with Crippen LogP contribution in [0.5, 0.6) is 0 Å². The SMILES string of the molecule is CC(C)(C)CC(=O)N1CCN2C(=O)CNC(=O)C2C1. The van der Waals surface area contributed by atoms with Gasteiger partial charge in [-0.2, -0.15) is 0 Å². The molecule has 0 aromatic heterocycles. The van der Waals surface area contributed by atoms with Crippen molar-refractivity contribution in [2.45, 2.75) is 33.2 Å². The van der Waals surface area contributed by atoms with E-state index < -0.39 is 6.04 Å². The van der Waals surface area contributed by atoms with Crippen molar-refractivity contribution in [3.8, 4) is 0 Å². The van der Waals surface area contributed by atoms with Gasteiger partial charge in [0, 0.05) is 19.5 Å². The van der Waals surface area contributed by atoms with Crippen molar-refractivity contribution in [3.05, 3.63) is 0 Å². The van der Waals surface area contributed by atoms with Crippen LogP contribution in [0.25, 0.3) is 0 Å². The molecule has 0 aromatic carbocycles. The van der Waals surface area contributed by atoms with Gasteiger partial charge >= 0.3 is 0 Å². The van der Waals surface area contributed by atoms with E-state index in [1.54, 1.807) is 9.80 Å². The largest absolute Gasteiger partial charge is 0.345 e. The van der Waals surface area contributed by atoms with E-state index in [0.717, 1.165) is 0 Å². The van der Waals surface area contributed by atoms with Gasteiger partial charge in [0.2, 0.25) is 17.7 Å². The van der Waals surface area contributed by atoms with Gasteiger partial charge < -0.3 is 15.1 Å². The second kappa shape index (κ2) is 4.83. The summed E-state index contributed by atoms with van der Waals surface area (Å²) in [6, 6.07) is -0.515. The highest BCUT2D eigenvalue weighted by molar-refractivity contribution is 5.95. The zero-order valence-electron chi connectivity index (χ0n) is 11.7. The molecule has 3 amide bonds. The van der Waals surface area contributed by atoms with Crippen LogP contribution in [0.2, 0.25) is 0 Å². The van der Waals surface area contributed by atoms with Crippen LogP contribution in [0.15, 0.2) is 0 Å². The van der Waals surface area contributed by atoms with Crippen LogP contribution >= 0.6 is 0 Å². The van der Waals surface area contributed by atoms with Gasteiger partial charge in [0.15, 0.2) is 0 Å². The minimum atomic E-state index is -0.515. The molecule has 2 aliphatic rings. The first-order valence-corrected chi connectivity index (χ1v) is 6.63. The first kappa shape index (κ1) is 13.8. The number of amides is 3. The topological polar surface area (TPSA) is 69.7 Å². The van der Waals surface area contributed by atoms with E-state index in [0.29, 0.717) is 26.1 Å². The van der Waals surface area contributed by atoms with Crippen LogP contribution in [-0.4, -0.2) is 59.7 Å². The first-order valence-electron chi connectivity index (χ1n) is 6.63. The standard InChI is InChI=1S/C13H21N3O3/c1-13(2,3)6-10(17)15-4-5-16-9(8-15)12(19)14-7-11(16)18/h9H,4-8H2,1-3H3,(H,14,19). The van der Waals surface area contributed by atoms with Crippen molar-refractivity contribution >= 4 is 17.7 Å². The number of hydrogen-bond acceptors (Lipinski definition) is 3. The molecule has 106 valence electrons. The lowest BCUT2D eigenvalue weighted by molar-refractivity contribution is -0.153. The fraction of sp³-hybridized carbons (Fsp3) is 0.769. The number of nitrogens with one attached hydrogen (secondary N) is 1. The highest BCUT2D eigenvalue weighted by atomic mass is 16.2. The Bertz CT molecular complexity index is 414. The van der Waals surface area contributed by atoms with E-state index in [1.807, 2.05) is 20.8 Å². The van der Waals surface area contributed by atoms with Crippen LogP contribution in [-0.2, 0) is 14.4 Å². The van der Waals surface area contributed by atoms with Crippen LogP contribution in [0.3, 0.4) is 0 Å². The minimum absolute atomic E-state index is 0.0537. The van der Waals surface area contributed by atoms with Crippen LogP contribution < -0.4 is 5.32 Å². The molecule has 2 saturated heterocycles. The summed E-state index contributed by atoms with van der Waals surface area (Å²) < 4.78 is 0. The van der Waals surface area contributed by atoms with E-state index in [2.05, 4.69) is 5.32 Å². The van der Waals surface area contributed by atoms with Gasteiger partial charge in [0.25, 0.3) is 0 Å². The fourth-order valence-corrected chi connectivity index (χ4v) is 2.48. The first-order chi connectivity index (χ1) is 8.78. The van der Waals surface area contributed by atoms with Crippen molar-refractivity contribution in [1.29, 1.82) is 0 Å². The summed E-state index contributed by atoms with van der Waals surface area (Å²) in [5, 5.41) is 2.57. The Morgan fingerprint density at radius 3 is 2.63 bits per heavy atom. The predicted octanol–water partition coefficient (Wildman–Crippen LogP) is -0.408. The molecule has 0 aliphatic carbocycles. The number of hydrogen-bond donors (Lipinski definition) is 1. The quantitative estimate of drug-likeness (QED) is 0.702. The van der Waals surface area contributed by atoms with E-state index in [4.69, 9.17) is 0 Å². The zero-order valence-corrected chi connectivity index (χ0v) is 11.7. The molecule has 0 bridgehead atoms. The van der Waals surface area contributed by atoms with E-state index in [9.17, 15) is 14.4 Å². The summed E-state index contributed by atoms with van der Waals surface area (Å²) in [5.41, 5.74) is -0.0706. The molecule has 0 radical (unpaired) electrons. The molecule has 0 saturated carbocycles. The highest BCUT2D eigenvalue weighted by Crippen LogP contribution is 2.22. The number of carbonyl (C=O) groups is 3. The number of carbonyl (C=O) groups excluding carboxylic acids is 3. The Labute approximate surface area is 113 Å². The highest BCUT2D eigenvalue weighted by Gasteiger charge is 2.40. The van der Waals surface area contributed by atoms with E-state index in [-0.39, 0.29) is 29.7 Å². The second-order valence-corrected chi connectivity index (χ2v) is 6.40. The van der Waals surface area contributed by atoms with Crippen LogP contribution in [0, 0.1) is 5.41 Å². The van der Waals surface area contributed by atoms with Crippen molar-refractivity contribution in [1.82, 2.24) is 15.1 Å².